The maximum absolute atomic E-state index is 14.5. The number of guanidine groups is 1. The predicted molar refractivity (Wildman–Crippen MR) is 130 cm³/mol. The first-order valence-electron chi connectivity index (χ1n) is 10.9. The minimum atomic E-state index is -0.189. The maximum atomic E-state index is 14.5. The third kappa shape index (κ3) is 8.19. The molecule has 0 aromatic heterocycles. The molecule has 0 spiro atoms. The van der Waals surface area contributed by atoms with Crippen LogP contribution in [0.25, 0.3) is 0 Å². The lowest BCUT2D eigenvalue weighted by Crippen LogP contribution is -2.39. The average molecular weight is 534 g/mol. The number of rotatable bonds is 7. The highest BCUT2D eigenvalue weighted by Crippen LogP contribution is 2.22. The van der Waals surface area contributed by atoms with Crippen LogP contribution in [0, 0.1) is 5.82 Å². The molecule has 170 valence electrons. The molecule has 0 unspecified atom stereocenters. The molecule has 0 atom stereocenters. The molecule has 1 aliphatic carbocycles. The van der Waals surface area contributed by atoms with Gasteiger partial charge >= 0.3 is 0 Å². The summed E-state index contributed by atoms with van der Waals surface area (Å²) in [6, 6.07) is 5.41. The van der Waals surface area contributed by atoms with Crippen LogP contribution < -0.4 is 15.5 Å². The Morgan fingerprint density at radius 2 is 1.90 bits per heavy atom. The second-order valence-corrected chi connectivity index (χ2v) is 7.72. The number of nitrogens with zero attached hydrogens (tertiary/aromatic N) is 2. The van der Waals surface area contributed by atoms with E-state index in [2.05, 4.69) is 15.6 Å². The Balaban J connectivity index is 0.00000320. The minimum absolute atomic E-state index is 0. The van der Waals surface area contributed by atoms with Crippen molar-refractivity contribution >= 4 is 35.6 Å². The highest BCUT2D eigenvalue weighted by Gasteiger charge is 2.15. The molecule has 8 heteroatoms. The zero-order valence-corrected chi connectivity index (χ0v) is 20.3. The molecule has 2 N–H and O–H groups in total. The largest absolute Gasteiger partial charge is 0.378 e. The molecule has 1 heterocycles. The van der Waals surface area contributed by atoms with Crippen LogP contribution in [0.15, 0.2) is 23.2 Å². The summed E-state index contributed by atoms with van der Waals surface area (Å²) in [5, 5.41) is 6.51. The normalized spacial score (nSPS) is 18.5. The van der Waals surface area contributed by atoms with Gasteiger partial charge in [0, 0.05) is 33.2 Å². The SMILES string of the molecule is CN=C(NCCOC1CCCCCC1)NCc1ccc(N2CCOCC2)c(F)c1.I. The van der Waals surface area contributed by atoms with Crippen LogP contribution in [0.3, 0.4) is 0 Å². The molecule has 1 saturated heterocycles. The molecule has 6 nitrogen and oxygen atoms in total. The van der Waals surface area contributed by atoms with E-state index in [0.29, 0.717) is 50.7 Å². The predicted octanol–water partition coefficient (Wildman–Crippen LogP) is 3.68. The van der Waals surface area contributed by atoms with Crippen LogP contribution in [0.5, 0.6) is 0 Å². The van der Waals surface area contributed by atoms with Crippen LogP contribution in [0.4, 0.5) is 10.1 Å². The lowest BCUT2D eigenvalue weighted by Gasteiger charge is -2.29. The lowest BCUT2D eigenvalue weighted by atomic mass is 10.1. The zero-order chi connectivity index (χ0) is 20.3. The number of morpholine rings is 1. The fourth-order valence-corrected chi connectivity index (χ4v) is 3.93. The summed E-state index contributed by atoms with van der Waals surface area (Å²) in [5.74, 6) is 0.512. The van der Waals surface area contributed by atoms with Crippen molar-refractivity contribution in [2.75, 3.05) is 51.4 Å². The van der Waals surface area contributed by atoms with E-state index in [1.54, 1.807) is 13.1 Å². The van der Waals surface area contributed by atoms with Gasteiger partial charge in [-0.1, -0.05) is 31.7 Å². The van der Waals surface area contributed by atoms with Crippen molar-refractivity contribution in [3.05, 3.63) is 29.6 Å². The van der Waals surface area contributed by atoms with Crippen LogP contribution >= 0.6 is 24.0 Å². The quantitative estimate of drug-likeness (QED) is 0.184. The molecule has 2 aliphatic rings. The number of nitrogens with one attached hydrogen (secondary N) is 2. The van der Waals surface area contributed by atoms with Gasteiger partial charge in [-0.3, -0.25) is 4.99 Å². The Hall–Kier alpha value is -1.13. The fraction of sp³-hybridized carbons (Fsp3) is 0.682. The molecule has 3 rings (SSSR count). The van der Waals surface area contributed by atoms with Gasteiger partial charge < -0.3 is 25.0 Å². The van der Waals surface area contributed by atoms with Gasteiger partial charge in [-0.25, -0.2) is 4.39 Å². The summed E-state index contributed by atoms with van der Waals surface area (Å²) in [6.45, 7) is 4.66. The molecule has 30 heavy (non-hydrogen) atoms. The van der Waals surface area contributed by atoms with Crippen molar-refractivity contribution < 1.29 is 13.9 Å². The van der Waals surface area contributed by atoms with E-state index >= 15 is 0 Å². The fourth-order valence-electron chi connectivity index (χ4n) is 3.93. The van der Waals surface area contributed by atoms with E-state index in [1.165, 1.54) is 38.5 Å². The molecule has 1 aliphatic heterocycles. The Bertz CT molecular complexity index is 648. The van der Waals surface area contributed by atoms with Gasteiger partial charge in [0.25, 0.3) is 0 Å². The highest BCUT2D eigenvalue weighted by molar-refractivity contribution is 14.0. The highest BCUT2D eigenvalue weighted by atomic mass is 127. The van der Waals surface area contributed by atoms with E-state index in [-0.39, 0.29) is 29.8 Å². The van der Waals surface area contributed by atoms with Gasteiger partial charge in [-0.05, 0) is 30.5 Å². The molecular weight excluding hydrogens is 498 g/mol. The third-order valence-electron chi connectivity index (χ3n) is 5.60. The number of aliphatic imine (C=N–C) groups is 1. The average Bonchev–Trinajstić information content (AvgIpc) is 3.03. The van der Waals surface area contributed by atoms with Crippen LogP contribution in [-0.4, -0.2) is 58.6 Å². The zero-order valence-electron chi connectivity index (χ0n) is 18.0. The summed E-state index contributed by atoms with van der Waals surface area (Å²) < 4.78 is 25.9. The molecule has 0 bridgehead atoms. The van der Waals surface area contributed by atoms with E-state index in [0.717, 1.165) is 18.7 Å². The molecule has 1 saturated carbocycles. The summed E-state index contributed by atoms with van der Waals surface area (Å²) in [7, 11) is 1.74. The molecule has 0 amide bonds. The third-order valence-corrected chi connectivity index (χ3v) is 5.60. The van der Waals surface area contributed by atoms with Crippen molar-refractivity contribution in [2.45, 2.75) is 51.2 Å². The van der Waals surface area contributed by atoms with Gasteiger partial charge in [0.1, 0.15) is 5.82 Å². The van der Waals surface area contributed by atoms with Gasteiger partial charge in [-0.2, -0.15) is 0 Å². The standard InChI is InChI=1S/C22H35FN4O2.HI/c1-24-22(25-10-13-29-19-6-4-2-3-5-7-19)26-17-18-8-9-21(20(23)16-18)27-11-14-28-15-12-27;/h8-9,16,19H,2-7,10-15,17H2,1H3,(H2,24,25,26);1H. The smallest absolute Gasteiger partial charge is 0.191 e. The monoisotopic (exact) mass is 534 g/mol. The topological polar surface area (TPSA) is 58.1 Å². The van der Waals surface area contributed by atoms with Gasteiger partial charge in [0.15, 0.2) is 5.96 Å². The van der Waals surface area contributed by atoms with Gasteiger partial charge in [0.2, 0.25) is 0 Å². The van der Waals surface area contributed by atoms with Crippen molar-refractivity contribution in [3.8, 4) is 0 Å². The van der Waals surface area contributed by atoms with Crippen molar-refractivity contribution in [3.63, 3.8) is 0 Å². The van der Waals surface area contributed by atoms with Crippen LogP contribution in [-0.2, 0) is 16.0 Å². The Kier molecular flexibility index (Phi) is 11.8. The van der Waals surface area contributed by atoms with E-state index < -0.39 is 0 Å². The Morgan fingerprint density at radius 3 is 2.57 bits per heavy atom. The van der Waals surface area contributed by atoms with E-state index in [9.17, 15) is 4.39 Å². The second kappa shape index (κ2) is 14.0. The number of hydrogen-bond acceptors (Lipinski definition) is 4. The Labute approximate surface area is 197 Å². The molecule has 1 aromatic carbocycles. The molecule has 1 aromatic rings. The van der Waals surface area contributed by atoms with E-state index in [4.69, 9.17) is 9.47 Å². The maximum Gasteiger partial charge on any atom is 0.191 e. The van der Waals surface area contributed by atoms with Gasteiger partial charge in [0.05, 0.1) is 31.6 Å². The minimum Gasteiger partial charge on any atom is -0.378 e. The number of halogens is 2. The summed E-state index contributed by atoms with van der Waals surface area (Å²) >= 11 is 0. The van der Waals surface area contributed by atoms with Crippen LogP contribution in [0.1, 0.15) is 44.1 Å². The first-order valence-corrected chi connectivity index (χ1v) is 10.9. The van der Waals surface area contributed by atoms with Crippen molar-refractivity contribution in [1.29, 1.82) is 0 Å². The van der Waals surface area contributed by atoms with Crippen LogP contribution in [0.2, 0.25) is 0 Å². The number of benzene rings is 1. The van der Waals surface area contributed by atoms with Crippen molar-refractivity contribution in [2.24, 2.45) is 4.99 Å². The van der Waals surface area contributed by atoms with Gasteiger partial charge in [-0.15, -0.1) is 24.0 Å². The first-order chi connectivity index (χ1) is 14.3. The summed E-state index contributed by atoms with van der Waals surface area (Å²) in [5.41, 5.74) is 1.53. The van der Waals surface area contributed by atoms with E-state index in [1.807, 2.05) is 17.0 Å². The molecule has 0 radical (unpaired) electrons. The molecule has 2 fully saturated rings. The Morgan fingerprint density at radius 1 is 1.17 bits per heavy atom. The summed E-state index contributed by atoms with van der Waals surface area (Å²) in [4.78, 5) is 6.27. The first kappa shape index (κ1) is 25.1. The second-order valence-electron chi connectivity index (χ2n) is 7.72. The number of hydrogen-bond donors (Lipinski definition) is 2. The van der Waals surface area contributed by atoms with Crippen molar-refractivity contribution in [1.82, 2.24) is 10.6 Å². The lowest BCUT2D eigenvalue weighted by molar-refractivity contribution is 0.0468. The molecular formula is C22H36FIN4O2. The number of ether oxygens (including phenoxy) is 2. The summed E-state index contributed by atoms with van der Waals surface area (Å²) in [6.07, 6.45) is 8.00. The number of anilines is 1.